The molecule has 0 aromatic heterocycles. The Morgan fingerprint density at radius 3 is 1.17 bits per heavy atom. The van der Waals surface area contributed by atoms with Crippen LogP contribution in [0.15, 0.2) is 0 Å². The first-order valence-corrected chi connectivity index (χ1v) is 2.94. The molecule has 0 saturated heterocycles. The summed E-state index contributed by atoms with van der Waals surface area (Å²) in [5.41, 5.74) is 0. The number of hydrogen-bond donors (Lipinski definition) is 0. The molecule has 0 rings (SSSR count). The minimum Gasteiger partial charge on any atom is -1.00 e. The molecule has 0 radical (unpaired) electrons. The number of halogens is 4. The van der Waals surface area contributed by atoms with E-state index in [-0.39, 0.29) is 17.0 Å². The molecule has 0 amide bonds. The van der Waals surface area contributed by atoms with Gasteiger partial charge in [-0.2, -0.15) is 0 Å². The van der Waals surface area contributed by atoms with E-state index in [2.05, 4.69) is 0 Å². The van der Waals surface area contributed by atoms with Crippen LogP contribution in [0.3, 0.4) is 0 Å². The molecule has 0 aliphatic heterocycles. The minimum atomic E-state index is -3.83. The van der Waals surface area contributed by atoms with Crippen LogP contribution in [-0.4, -0.2) is 3.74 Å². The van der Waals surface area contributed by atoms with E-state index < -0.39 is 29.5 Å². The Labute approximate surface area is 59.6 Å². The summed E-state index contributed by atoms with van der Waals surface area (Å²) in [6, 6.07) is 0. The Hall–Kier alpha value is 1.19. The van der Waals surface area contributed by atoms with Crippen LogP contribution in [0.4, 0.5) is 13.2 Å². The molecule has 0 saturated carbocycles. The summed E-state index contributed by atoms with van der Waals surface area (Å²) in [4.78, 5) is 0. The maximum Gasteiger partial charge on any atom is -1.00 e. The third-order valence-electron chi connectivity index (χ3n) is 0. The van der Waals surface area contributed by atoms with Gasteiger partial charge >= 0.3 is 42.7 Å². The standard InChI is InChI=1S/CF3.BrH.Cd/c2-1(3)4;;/h;1H;/q;;+1/p-1. The zero-order valence-corrected chi connectivity index (χ0v) is 8.34. The quantitative estimate of drug-likeness (QED) is 0.445. The average molecular weight is 261 g/mol. The number of hydrogen-bond acceptors (Lipinski definition) is 0. The van der Waals surface area contributed by atoms with E-state index in [0.717, 1.165) is 0 Å². The average Bonchev–Trinajstić information content (AvgIpc) is 0.722. The summed E-state index contributed by atoms with van der Waals surface area (Å²) in [5, 5.41) is 0. The maximum atomic E-state index is 10.4. The van der Waals surface area contributed by atoms with Crippen LogP contribution in [-0.2, 0) is 25.8 Å². The van der Waals surface area contributed by atoms with E-state index in [4.69, 9.17) is 0 Å². The van der Waals surface area contributed by atoms with Gasteiger partial charge in [0.15, 0.2) is 0 Å². The van der Waals surface area contributed by atoms with E-state index in [1.165, 1.54) is 0 Å². The van der Waals surface area contributed by atoms with Crippen molar-refractivity contribution in [3.8, 4) is 0 Å². The van der Waals surface area contributed by atoms with Gasteiger partial charge in [-0.3, -0.25) is 0 Å². The van der Waals surface area contributed by atoms with Gasteiger partial charge in [-0.15, -0.1) is 0 Å². The molecule has 0 heterocycles. The van der Waals surface area contributed by atoms with Crippen LogP contribution in [0.1, 0.15) is 0 Å². The number of rotatable bonds is 0. The summed E-state index contributed by atoms with van der Waals surface area (Å²) < 4.78 is 27.5. The second kappa shape index (κ2) is 3.23. The van der Waals surface area contributed by atoms with Crippen LogP contribution in [0, 0.1) is 0 Å². The smallest absolute Gasteiger partial charge is 1.00 e. The molecule has 0 bridgehead atoms. The van der Waals surface area contributed by atoms with Crippen molar-refractivity contribution in [1.82, 2.24) is 0 Å². The Morgan fingerprint density at radius 2 is 1.17 bits per heavy atom. The molecule has 0 aliphatic carbocycles. The Bertz CT molecular complexity index is 26.3. The molecule has 0 fully saturated rings. The monoisotopic (exact) mass is 262 g/mol. The SMILES string of the molecule is F[C](F)(F)[Cd+].[Br-]. The Balaban J connectivity index is 0. The molecule has 0 spiro atoms. The third-order valence-corrected chi connectivity index (χ3v) is 0. The first-order valence-electron chi connectivity index (χ1n) is 0.921. The molecule has 34 valence electrons. The van der Waals surface area contributed by atoms with Crippen LogP contribution < -0.4 is 17.0 Å². The Morgan fingerprint density at radius 1 is 1.17 bits per heavy atom. The van der Waals surface area contributed by atoms with Crippen molar-refractivity contribution in [2.45, 2.75) is 3.74 Å². The van der Waals surface area contributed by atoms with E-state index in [0.29, 0.717) is 0 Å². The predicted molar refractivity (Wildman–Crippen MR) is 6.05 cm³/mol. The van der Waals surface area contributed by atoms with Crippen molar-refractivity contribution in [1.29, 1.82) is 0 Å². The topological polar surface area (TPSA) is 0 Å². The van der Waals surface area contributed by atoms with Crippen molar-refractivity contribution in [2.24, 2.45) is 0 Å². The summed E-state index contributed by atoms with van der Waals surface area (Å²) in [6.45, 7) is 0. The van der Waals surface area contributed by atoms with Crippen molar-refractivity contribution in [3.63, 3.8) is 0 Å². The fourth-order valence-electron chi connectivity index (χ4n) is 0. The van der Waals surface area contributed by atoms with Gasteiger partial charge in [-0.1, -0.05) is 0 Å². The fraction of sp³-hybridized carbons (Fsp3) is 1.00. The van der Waals surface area contributed by atoms with E-state index in [1.54, 1.807) is 0 Å². The van der Waals surface area contributed by atoms with Crippen LogP contribution in [0.25, 0.3) is 0 Å². The van der Waals surface area contributed by atoms with Gasteiger partial charge in [0.1, 0.15) is 0 Å². The van der Waals surface area contributed by atoms with Gasteiger partial charge in [-0.05, 0) is 0 Å². The van der Waals surface area contributed by atoms with Crippen LogP contribution >= 0.6 is 0 Å². The van der Waals surface area contributed by atoms with Gasteiger partial charge in [-0.25, -0.2) is 0 Å². The van der Waals surface area contributed by atoms with Gasteiger partial charge in [0, 0.05) is 0 Å². The summed E-state index contributed by atoms with van der Waals surface area (Å²) in [5.74, 6) is 0. The molecule has 6 heavy (non-hydrogen) atoms. The normalized spacial score (nSPS) is 10.2. The molecule has 0 aromatic rings. The summed E-state index contributed by atoms with van der Waals surface area (Å²) in [7, 11) is 0. The maximum absolute atomic E-state index is 10.4. The first kappa shape index (κ1) is 10.2. The summed E-state index contributed by atoms with van der Waals surface area (Å²) in [6.07, 6.45) is 0. The largest absolute Gasteiger partial charge is 1.00 e. The van der Waals surface area contributed by atoms with Crippen LogP contribution in [0.5, 0.6) is 0 Å². The van der Waals surface area contributed by atoms with Crippen molar-refractivity contribution in [2.75, 3.05) is 0 Å². The van der Waals surface area contributed by atoms with Gasteiger partial charge < -0.3 is 17.0 Å². The second-order valence-corrected chi connectivity index (χ2v) is 2.90. The predicted octanol–water partition coefficient (Wildman–Crippen LogP) is -1.94. The zero-order chi connectivity index (χ0) is 4.50. The summed E-state index contributed by atoms with van der Waals surface area (Å²) >= 11 is -0.889. The van der Waals surface area contributed by atoms with Crippen molar-refractivity contribution < 1.29 is 55.9 Å². The molecule has 5 heteroatoms. The molecular formula is CBrCdF3. The minimum absolute atomic E-state index is 0. The zero-order valence-electron chi connectivity index (χ0n) is 2.72. The van der Waals surface area contributed by atoms with Crippen molar-refractivity contribution in [3.05, 3.63) is 0 Å². The molecule has 0 N–H and O–H groups in total. The first-order chi connectivity index (χ1) is 2.00. The molecule has 0 aromatic carbocycles. The van der Waals surface area contributed by atoms with Crippen LogP contribution in [0.2, 0.25) is 0 Å². The molecule has 0 nitrogen and oxygen atoms in total. The van der Waals surface area contributed by atoms with Gasteiger partial charge in [0.25, 0.3) is 0 Å². The molecular weight excluding hydrogens is 261 g/mol. The van der Waals surface area contributed by atoms with Gasteiger partial charge in [0.05, 0.1) is 0 Å². The van der Waals surface area contributed by atoms with E-state index >= 15 is 0 Å². The molecule has 0 atom stereocenters. The molecule has 0 aliphatic rings. The fourth-order valence-corrected chi connectivity index (χ4v) is 0. The third kappa shape index (κ3) is 64.2. The molecule has 0 unspecified atom stereocenters. The number of alkyl halides is 3. The Kier molecular flexibility index (Phi) is 5.50. The van der Waals surface area contributed by atoms with E-state index in [9.17, 15) is 13.2 Å². The second-order valence-electron chi connectivity index (χ2n) is 0.615. The van der Waals surface area contributed by atoms with Gasteiger partial charge in [0.2, 0.25) is 0 Å². The van der Waals surface area contributed by atoms with Crippen molar-refractivity contribution >= 4 is 0 Å². The van der Waals surface area contributed by atoms with E-state index in [1.807, 2.05) is 0 Å².